The minimum absolute atomic E-state index is 0.0673. The van der Waals surface area contributed by atoms with Crippen molar-refractivity contribution in [3.8, 4) is 11.3 Å². The van der Waals surface area contributed by atoms with Gasteiger partial charge in [0, 0.05) is 5.56 Å². The number of nitrogens with zero attached hydrogens (tertiary/aromatic N) is 1. The Morgan fingerprint density at radius 1 is 1.04 bits per heavy atom. The van der Waals surface area contributed by atoms with Crippen molar-refractivity contribution in [1.82, 2.24) is 4.98 Å². The third kappa shape index (κ3) is 4.30. The molecule has 0 bridgehead atoms. The van der Waals surface area contributed by atoms with Crippen LogP contribution in [0.3, 0.4) is 0 Å². The summed E-state index contributed by atoms with van der Waals surface area (Å²) in [4.78, 5) is 4.27. The summed E-state index contributed by atoms with van der Waals surface area (Å²) in [5.41, 5.74) is 0.797. The largest absolute Gasteiger partial charge is 0.393 e. The Morgan fingerprint density at radius 2 is 1.78 bits per heavy atom. The van der Waals surface area contributed by atoms with Gasteiger partial charge in [0.25, 0.3) is 10.0 Å². The molecule has 0 fully saturated rings. The number of benzene rings is 2. The lowest BCUT2D eigenvalue weighted by molar-refractivity contribution is 0.0923. The molecule has 2 aromatic carbocycles. The minimum atomic E-state index is -3.88. The molecule has 0 unspecified atom stereocenters. The zero-order chi connectivity index (χ0) is 19.4. The third-order valence-corrected chi connectivity index (χ3v) is 5.22. The first kappa shape index (κ1) is 19.0. The van der Waals surface area contributed by atoms with Crippen LogP contribution in [0, 0.1) is 5.82 Å². The first-order valence-electron chi connectivity index (χ1n) is 8.04. The number of hydrogen-bond acceptors (Lipinski definition) is 5. The predicted octanol–water partition coefficient (Wildman–Crippen LogP) is 2.71. The van der Waals surface area contributed by atoms with E-state index >= 15 is 0 Å². The van der Waals surface area contributed by atoms with E-state index in [2.05, 4.69) is 9.71 Å². The Balaban J connectivity index is 2.05. The summed E-state index contributed by atoms with van der Waals surface area (Å²) >= 11 is 0. The van der Waals surface area contributed by atoms with Crippen LogP contribution in [0.25, 0.3) is 11.3 Å². The van der Waals surface area contributed by atoms with Crippen LogP contribution in [0.1, 0.15) is 11.8 Å². The lowest BCUT2D eigenvalue weighted by Gasteiger charge is -2.14. The van der Waals surface area contributed by atoms with E-state index in [9.17, 15) is 17.9 Å². The average molecular weight is 388 g/mol. The number of aliphatic hydroxyl groups excluding tert-OH is 2. The summed E-state index contributed by atoms with van der Waals surface area (Å²) in [6.07, 6.45) is -1.19. The van der Waals surface area contributed by atoms with Gasteiger partial charge in [0.15, 0.2) is 0 Å². The van der Waals surface area contributed by atoms with Crippen LogP contribution in [0.5, 0.6) is 0 Å². The maximum atomic E-state index is 13.8. The summed E-state index contributed by atoms with van der Waals surface area (Å²) in [7, 11) is -3.88. The Morgan fingerprint density at radius 3 is 2.48 bits per heavy atom. The van der Waals surface area contributed by atoms with Gasteiger partial charge in [-0.15, -0.1) is 0 Å². The quantitative estimate of drug-likeness (QED) is 0.603. The molecule has 3 aromatic rings. The smallest absolute Gasteiger partial charge is 0.261 e. The molecule has 0 aliphatic rings. The number of anilines is 1. The zero-order valence-electron chi connectivity index (χ0n) is 14.1. The van der Waals surface area contributed by atoms with E-state index in [1.54, 1.807) is 30.3 Å². The maximum absolute atomic E-state index is 13.8. The summed E-state index contributed by atoms with van der Waals surface area (Å²) in [5.74, 6) is -0.567. The molecule has 1 aromatic heterocycles. The lowest BCUT2D eigenvalue weighted by Crippen LogP contribution is -2.14. The van der Waals surface area contributed by atoms with Gasteiger partial charge in [-0.1, -0.05) is 24.3 Å². The number of nitrogens with one attached hydrogen (secondary N) is 1. The van der Waals surface area contributed by atoms with Gasteiger partial charge >= 0.3 is 0 Å². The van der Waals surface area contributed by atoms with Gasteiger partial charge in [-0.2, -0.15) is 0 Å². The van der Waals surface area contributed by atoms with Gasteiger partial charge < -0.3 is 10.2 Å². The Hall–Kier alpha value is -2.81. The molecule has 0 amide bonds. The number of rotatable bonds is 6. The number of halogens is 1. The van der Waals surface area contributed by atoms with Crippen molar-refractivity contribution < 1.29 is 23.0 Å². The first-order chi connectivity index (χ1) is 12.9. The van der Waals surface area contributed by atoms with Crippen molar-refractivity contribution in [2.45, 2.75) is 11.0 Å². The number of aromatic nitrogens is 1. The summed E-state index contributed by atoms with van der Waals surface area (Å²) in [6, 6.07) is 16.0. The Labute approximate surface area is 156 Å². The van der Waals surface area contributed by atoms with Crippen molar-refractivity contribution in [3.63, 3.8) is 0 Å². The molecule has 0 saturated carbocycles. The molecule has 6 nitrogen and oxygen atoms in total. The van der Waals surface area contributed by atoms with Crippen LogP contribution in [-0.2, 0) is 10.0 Å². The summed E-state index contributed by atoms with van der Waals surface area (Å²) in [6.45, 7) is -0.521. The highest BCUT2D eigenvalue weighted by molar-refractivity contribution is 7.92. The van der Waals surface area contributed by atoms with Crippen LogP contribution >= 0.6 is 0 Å². The summed E-state index contributed by atoms with van der Waals surface area (Å²) in [5, 5.41) is 18.8. The van der Waals surface area contributed by atoms with Gasteiger partial charge in [-0.05, 0) is 42.5 Å². The standard InChI is InChI=1S/C19H17FN2O4S/c20-13-9-10-17(22-27(25,26)14-5-2-1-3-6-14)15(11-13)16-7-4-8-18(21-16)19(24)12-23/h1-11,19,22-24H,12H2/t19-/m1/s1. The van der Waals surface area contributed by atoms with E-state index < -0.39 is 28.6 Å². The number of aliphatic hydroxyl groups is 2. The van der Waals surface area contributed by atoms with Crippen LogP contribution in [0.2, 0.25) is 0 Å². The molecule has 1 atom stereocenters. The zero-order valence-corrected chi connectivity index (χ0v) is 14.9. The highest BCUT2D eigenvalue weighted by Crippen LogP contribution is 2.30. The minimum Gasteiger partial charge on any atom is -0.393 e. The maximum Gasteiger partial charge on any atom is 0.261 e. The van der Waals surface area contributed by atoms with Gasteiger partial charge in [-0.25, -0.2) is 17.8 Å². The second-order valence-corrected chi connectivity index (χ2v) is 7.44. The fourth-order valence-corrected chi connectivity index (χ4v) is 3.60. The van der Waals surface area contributed by atoms with Crippen molar-refractivity contribution in [2.75, 3.05) is 11.3 Å². The molecule has 0 saturated heterocycles. The predicted molar refractivity (Wildman–Crippen MR) is 98.9 cm³/mol. The van der Waals surface area contributed by atoms with Crippen LogP contribution in [-0.4, -0.2) is 30.2 Å². The second-order valence-electron chi connectivity index (χ2n) is 5.75. The molecule has 27 heavy (non-hydrogen) atoms. The molecule has 3 rings (SSSR count). The molecule has 8 heteroatoms. The molecule has 3 N–H and O–H groups in total. The molecule has 0 radical (unpaired) electrons. The first-order valence-corrected chi connectivity index (χ1v) is 9.53. The molecular weight excluding hydrogens is 371 g/mol. The van der Waals surface area contributed by atoms with Crippen molar-refractivity contribution in [1.29, 1.82) is 0 Å². The normalized spacial score (nSPS) is 12.6. The van der Waals surface area contributed by atoms with Crippen molar-refractivity contribution in [3.05, 3.63) is 78.2 Å². The Bertz CT molecular complexity index is 1040. The van der Waals surface area contributed by atoms with Crippen molar-refractivity contribution in [2.24, 2.45) is 0 Å². The molecule has 140 valence electrons. The van der Waals surface area contributed by atoms with Crippen molar-refractivity contribution >= 4 is 15.7 Å². The topological polar surface area (TPSA) is 99.5 Å². The van der Waals surface area contributed by atoms with E-state index in [1.807, 2.05) is 0 Å². The van der Waals surface area contributed by atoms with Gasteiger partial charge in [-0.3, -0.25) is 4.72 Å². The van der Waals surface area contributed by atoms with Gasteiger partial charge in [0.2, 0.25) is 0 Å². The number of pyridine rings is 1. The third-order valence-electron chi connectivity index (χ3n) is 3.84. The van der Waals surface area contributed by atoms with Crippen LogP contribution < -0.4 is 4.72 Å². The fourth-order valence-electron chi connectivity index (χ4n) is 2.50. The average Bonchev–Trinajstić information content (AvgIpc) is 2.69. The van der Waals surface area contributed by atoms with Crippen LogP contribution in [0.4, 0.5) is 10.1 Å². The highest BCUT2D eigenvalue weighted by atomic mass is 32.2. The van der Waals surface area contributed by atoms with E-state index in [-0.39, 0.29) is 27.5 Å². The second kappa shape index (κ2) is 7.83. The van der Waals surface area contributed by atoms with Gasteiger partial charge in [0.05, 0.1) is 28.6 Å². The lowest BCUT2D eigenvalue weighted by atomic mass is 10.1. The van der Waals surface area contributed by atoms with Crippen LogP contribution in [0.15, 0.2) is 71.6 Å². The molecule has 0 aliphatic carbocycles. The van der Waals surface area contributed by atoms with E-state index in [1.165, 1.54) is 24.3 Å². The summed E-state index contributed by atoms with van der Waals surface area (Å²) < 4.78 is 41.5. The van der Waals surface area contributed by atoms with E-state index in [0.717, 1.165) is 12.1 Å². The SMILES string of the molecule is O=S(=O)(Nc1ccc(F)cc1-c1cccc([C@H](O)CO)n1)c1ccccc1. The van der Waals surface area contributed by atoms with Gasteiger partial charge in [0.1, 0.15) is 11.9 Å². The Kier molecular flexibility index (Phi) is 5.50. The molecule has 0 spiro atoms. The molecule has 0 aliphatic heterocycles. The molecule has 1 heterocycles. The monoisotopic (exact) mass is 388 g/mol. The highest BCUT2D eigenvalue weighted by Gasteiger charge is 2.18. The van der Waals surface area contributed by atoms with E-state index in [0.29, 0.717) is 0 Å². The number of sulfonamides is 1. The number of hydrogen-bond donors (Lipinski definition) is 3. The molecular formula is C19H17FN2O4S. The van der Waals surface area contributed by atoms with E-state index in [4.69, 9.17) is 5.11 Å². The fraction of sp³-hybridized carbons (Fsp3) is 0.105.